The van der Waals surface area contributed by atoms with Gasteiger partial charge in [-0.1, -0.05) is 6.07 Å². The maximum Gasteiger partial charge on any atom is 0.422 e. The predicted molar refractivity (Wildman–Crippen MR) is 99.4 cm³/mol. The second-order valence-corrected chi connectivity index (χ2v) is 6.31. The number of methoxy groups -OCH3 is 1. The number of esters is 1. The number of aryl methyl sites for hydroxylation is 1. The highest BCUT2D eigenvalue weighted by Gasteiger charge is 2.29. The number of H-pyrrole nitrogens is 1. The number of nitrogens with one attached hydrogen (secondary N) is 2. The van der Waals surface area contributed by atoms with Gasteiger partial charge < -0.3 is 24.5 Å². The molecule has 2 heterocycles. The number of aromatic amines is 1. The minimum Gasteiger partial charge on any atom is -0.468 e. The number of amides is 1. The van der Waals surface area contributed by atoms with Gasteiger partial charge in [-0.15, -0.1) is 0 Å². The number of aromatic nitrogens is 2. The number of halogens is 3. The molecule has 0 aliphatic carbocycles. The van der Waals surface area contributed by atoms with E-state index in [0.29, 0.717) is 11.3 Å². The fraction of sp³-hybridized carbons (Fsp3) is 0.421. The minimum absolute atomic E-state index is 0.0721. The van der Waals surface area contributed by atoms with Crippen LogP contribution in [0.3, 0.4) is 0 Å². The van der Waals surface area contributed by atoms with Crippen LogP contribution in [0.15, 0.2) is 18.3 Å². The number of alkyl halides is 3. The summed E-state index contributed by atoms with van der Waals surface area (Å²) in [5.41, 5.74) is 1.51. The average Bonchev–Trinajstić information content (AvgIpc) is 2.99. The van der Waals surface area contributed by atoms with Crippen LogP contribution in [0.5, 0.6) is 5.88 Å². The van der Waals surface area contributed by atoms with Crippen molar-refractivity contribution in [2.24, 2.45) is 0 Å². The van der Waals surface area contributed by atoms with E-state index in [1.165, 1.54) is 25.4 Å². The first-order chi connectivity index (χ1) is 14.1. The van der Waals surface area contributed by atoms with Gasteiger partial charge >= 0.3 is 12.1 Å². The molecule has 1 amide bonds. The number of ether oxygens (including phenoxy) is 3. The monoisotopic (exact) mass is 429 g/mol. The number of rotatable bonds is 9. The molecule has 0 unspecified atom stereocenters. The van der Waals surface area contributed by atoms with Gasteiger partial charge in [0.2, 0.25) is 5.88 Å². The summed E-state index contributed by atoms with van der Waals surface area (Å²) >= 11 is 0. The molecule has 2 aromatic heterocycles. The lowest BCUT2D eigenvalue weighted by molar-refractivity contribution is -0.154. The van der Waals surface area contributed by atoms with E-state index in [0.717, 1.165) is 0 Å². The summed E-state index contributed by atoms with van der Waals surface area (Å²) in [5, 5.41) is 2.58. The Labute approximate surface area is 170 Å². The third kappa shape index (κ3) is 6.21. The lowest BCUT2D eigenvalue weighted by Gasteiger charge is -2.12. The first-order valence-corrected chi connectivity index (χ1v) is 8.91. The molecule has 2 N–H and O–H groups in total. The second kappa shape index (κ2) is 10.1. The SMILES string of the molecule is COCCOC(=O)c1c(C)[nH]c(C(=O)NCc2cccnc2OCC(F)(F)F)c1C. The van der Waals surface area contributed by atoms with Crippen molar-refractivity contribution in [3.8, 4) is 5.88 Å². The van der Waals surface area contributed by atoms with Gasteiger partial charge in [0.15, 0.2) is 6.61 Å². The molecule has 0 radical (unpaired) electrons. The van der Waals surface area contributed by atoms with E-state index in [2.05, 4.69) is 15.3 Å². The lowest BCUT2D eigenvalue weighted by Crippen LogP contribution is -2.25. The quantitative estimate of drug-likeness (QED) is 0.469. The molecule has 0 aromatic carbocycles. The molecule has 0 aliphatic rings. The average molecular weight is 429 g/mol. The summed E-state index contributed by atoms with van der Waals surface area (Å²) < 4.78 is 51.8. The van der Waals surface area contributed by atoms with E-state index in [1.54, 1.807) is 13.8 Å². The third-order valence-corrected chi connectivity index (χ3v) is 4.05. The summed E-state index contributed by atoms with van der Waals surface area (Å²) in [6, 6.07) is 3.00. The lowest BCUT2D eigenvalue weighted by atomic mass is 10.1. The van der Waals surface area contributed by atoms with Crippen molar-refractivity contribution in [3.05, 3.63) is 46.4 Å². The summed E-state index contributed by atoms with van der Waals surface area (Å²) in [5.74, 6) is -1.36. The van der Waals surface area contributed by atoms with Crippen molar-refractivity contribution in [2.75, 3.05) is 26.9 Å². The molecule has 0 spiro atoms. The van der Waals surface area contributed by atoms with Crippen molar-refractivity contribution in [1.29, 1.82) is 0 Å². The van der Waals surface area contributed by atoms with Crippen molar-refractivity contribution < 1.29 is 37.0 Å². The molecule has 2 aromatic rings. The molecule has 0 atom stereocenters. The molecular formula is C19H22F3N3O5. The van der Waals surface area contributed by atoms with Crippen LogP contribution in [0.25, 0.3) is 0 Å². The minimum atomic E-state index is -4.51. The largest absolute Gasteiger partial charge is 0.468 e. The zero-order valence-electron chi connectivity index (χ0n) is 16.7. The number of carbonyl (C=O) groups excluding carboxylic acids is 2. The molecule has 0 saturated heterocycles. The summed E-state index contributed by atoms with van der Waals surface area (Å²) in [6.07, 6.45) is -3.22. The Bertz CT molecular complexity index is 896. The van der Waals surface area contributed by atoms with Gasteiger partial charge in [-0.3, -0.25) is 4.79 Å². The zero-order chi connectivity index (χ0) is 22.3. The Kier molecular flexibility index (Phi) is 7.81. The first kappa shape index (κ1) is 23.2. The number of carbonyl (C=O) groups is 2. The van der Waals surface area contributed by atoms with Crippen molar-refractivity contribution in [1.82, 2.24) is 15.3 Å². The third-order valence-electron chi connectivity index (χ3n) is 4.05. The Morgan fingerprint density at radius 1 is 1.23 bits per heavy atom. The van der Waals surface area contributed by atoms with E-state index in [-0.39, 0.29) is 42.5 Å². The Balaban J connectivity index is 2.08. The fourth-order valence-corrected chi connectivity index (χ4v) is 2.68. The molecule has 0 aliphatic heterocycles. The van der Waals surface area contributed by atoms with Crippen LogP contribution >= 0.6 is 0 Å². The number of pyridine rings is 1. The van der Waals surface area contributed by atoms with E-state index in [9.17, 15) is 22.8 Å². The maximum atomic E-state index is 12.6. The number of nitrogens with zero attached hydrogens (tertiary/aromatic N) is 1. The van der Waals surface area contributed by atoms with Crippen LogP contribution in [0.4, 0.5) is 13.2 Å². The van der Waals surface area contributed by atoms with Gasteiger partial charge in [0.05, 0.1) is 12.2 Å². The predicted octanol–water partition coefficient (Wildman–Crippen LogP) is 2.70. The summed E-state index contributed by atoms with van der Waals surface area (Å²) in [6.45, 7) is 1.92. The molecule has 0 saturated carbocycles. The van der Waals surface area contributed by atoms with Gasteiger partial charge in [0.1, 0.15) is 12.3 Å². The van der Waals surface area contributed by atoms with E-state index < -0.39 is 24.7 Å². The van der Waals surface area contributed by atoms with Gasteiger partial charge in [0.25, 0.3) is 5.91 Å². The van der Waals surface area contributed by atoms with Crippen LogP contribution < -0.4 is 10.1 Å². The molecule has 2 rings (SSSR count). The maximum absolute atomic E-state index is 12.6. The highest BCUT2D eigenvalue weighted by Crippen LogP contribution is 2.21. The summed E-state index contributed by atoms with van der Waals surface area (Å²) in [4.78, 5) is 31.4. The standard InChI is InChI=1S/C19H22F3N3O5/c1-11-14(18(27)29-8-7-28-3)12(2)25-15(11)16(26)24-9-13-5-4-6-23-17(13)30-10-19(20,21)22/h4-6,25H,7-10H2,1-3H3,(H,24,26). The molecule has 30 heavy (non-hydrogen) atoms. The van der Waals surface area contributed by atoms with Crippen LogP contribution in [0, 0.1) is 13.8 Å². The van der Waals surface area contributed by atoms with Crippen LogP contribution in [-0.4, -0.2) is 55.0 Å². The number of hydrogen-bond acceptors (Lipinski definition) is 6. The van der Waals surface area contributed by atoms with Crippen molar-refractivity contribution in [2.45, 2.75) is 26.6 Å². The van der Waals surface area contributed by atoms with Gasteiger partial charge in [-0.2, -0.15) is 13.2 Å². The normalized spacial score (nSPS) is 11.3. The number of hydrogen-bond donors (Lipinski definition) is 2. The first-order valence-electron chi connectivity index (χ1n) is 8.91. The molecule has 0 fully saturated rings. The van der Waals surface area contributed by atoms with Crippen molar-refractivity contribution in [3.63, 3.8) is 0 Å². The Morgan fingerprint density at radius 2 is 1.97 bits per heavy atom. The van der Waals surface area contributed by atoms with Crippen LogP contribution in [-0.2, 0) is 16.0 Å². The van der Waals surface area contributed by atoms with Crippen LogP contribution in [0.1, 0.15) is 37.7 Å². The van der Waals surface area contributed by atoms with E-state index in [4.69, 9.17) is 14.2 Å². The zero-order valence-corrected chi connectivity index (χ0v) is 16.7. The molecule has 8 nitrogen and oxygen atoms in total. The Morgan fingerprint density at radius 3 is 2.63 bits per heavy atom. The Hall–Kier alpha value is -3.08. The molecule has 164 valence electrons. The highest BCUT2D eigenvalue weighted by molar-refractivity contribution is 6.00. The topological polar surface area (TPSA) is 103 Å². The molecule has 11 heteroatoms. The van der Waals surface area contributed by atoms with Crippen LogP contribution in [0.2, 0.25) is 0 Å². The van der Waals surface area contributed by atoms with Gasteiger partial charge in [-0.05, 0) is 25.5 Å². The highest BCUT2D eigenvalue weighted by atomic mass is 19.4. The smallest absolute Gasteiger partial charge is 0.422 e. The molecule has 0 bridgehead atoms. The van der Waals surface area contributed by atoms with Gasteiger partial charge in [0, 0.05) is 31.1 Å². The van der Waals surface area contributed by atoms with Crippen molar-refractivity contribution >= 4 is 11.9 Å². The van der Waals surface area contributed by atoms with E-state index in [1.807, 2.05) is 0 Å². The van der Waals surface area contributed by atoms with Gasteiger partial charge in [-0.25, -0.2) is 9.78 Å². The summed E-state index contributed by atoms with van der Waals surface area (Å²) in [7, 11) is 1.48. The molecular weight excluding hydrogens is 407 g/mol. The van der Waals surface area contributed by atoms with E-state index >= 15 is 0 Å². The fourth-order valence-electron chi connectivity index (χ4n) is 2.68. The second-order valence-electron chi connectivity index (χ2n) is 6.31.